The Hall–Kier alpha value is -2.73. The number of hydrogen-bond donors (Lipinski definition) is 1. The van der Waals surface area contributed by atoms with Crippen LogP contribution >= 0.6 is 11.3 Å². The first-order valence-electron chi connectivity index (χ1n) is 7.33. The van der Waals surface area contributed by atoms with Gasteiger partial charge in [0.05, 0.1) is 5.69 Å². The molecular weight excluding hydrogens is 327 g/mol. The SMILES string of the molecule is Cc1nc(COc2ccccc2)sc1C(=O)Nc1ccc(F)cc1. The van der Waals surface area contributed by atoms with Crippen LogP contribution in [0.1, 0.15) is 20.4 Å². The van der Waals surface area contributed by atoms with Crippen molar-refractivity contribution in [1.82, 2.24) is 4.98 Å². The molecule has 6 heteroatoms. The van der Waals surface area contributed by atoms with Crippen molar-refractivity contribution in [3.8, 4) is 5.75 Å². The minimum absolute atomic E-state index is 0.262. The van der Waals surface area contributed by atoms with Crippen LogP contribution in [0.25, 0.3) is 0 Å². The van der Waals surface area contributed by atoms with Gasteiger partial charge in [-0.1, -0.05) is 18.2 Å². The van der Waals surface area contributed by atoms with E-state index in [0.29, 0.717) is 22.9 Å². The molecule has 0 aliphatic rings. The monoisotopic (exact) mass is 342 g/mol. The van der Waals surface area contributed by atoms with Gasteiger partial charge in [0.15, 0.2) is 0 Å². The molecule has 0 saturated carbocycles. The highest BCUT2D eigenvalue weighted by Crippen LogP contribution is 2.21. The van der Waals surface area contributed by atoms with Gasteiger partial charge in [0.2, 0.25) is 0 Å². The van der Waals surface area contributed by atoms with Crippen molar-refractivity contribution in [3.63, 3.8) is 0 Å². The molecule has 0 atom stereocenters. The largest absolute Gasteiger partial charge is 0.486 e. The fourth-order valence-corrected chi connectivity index (χ4v) is 2.98. The van der Waals surface area contributed by atoms with Gasteiger partial charge >= 0.3 is 0 Å². The average Bonchev–Trinajstić information content (AvgIpc) is 2.97. The van der Waals surface area contributed by atoms with Crippen molar-refractivity contribution in [1.29, 1.82) is 0 Å². The van der Waals surface area contributed by atoms with Crippen LogP contribution in [-0.4, -0.2) is 10.9 Å². The molecule has 1 aromatic heterocycles. The fourth-order valence-electron chi connectivity index (χ4n) is 2.11. The number of nitrogens with zero attached hydrogens (tertiary/aromatic N) is 1. The number of nitrogens with one attached hydrogen (secondary N) is 1. The molecule has 4 nitrogen and oxygen atoms in total. The van der Waals surface area contributed by atoms with Crippen LogP contribution in [-0.2, 0) is 6.61 Å². The van der Waals surface area contributed by atoms with Crippen molar-refractivity contribution in [3.05, 3.63) is 76.0 Å². The predicted molar refractivity (Wildman–Crippen MR) is 92.0 cm³/mol. The summed E-state index contributed by atoms with van der Waals surface area (Å²) in [5.41, 5.74) is 1.18. The molecule has 24 heavy (non-hydrogen) atoms. The maximum absolute atomic E-state index is 12.9. The normalized spacial score (nSPS) is 10.4. The number of halogens is 1. The van der Waals surface area contributed by atoms with Crippen LogP contribution in [0, 0.1) is 12.7 Å². The van der Waals surface area contributed by atoms with E-state index in [1.807, 2.05) is 30.3 Å². The zero-order valence-electron chi connectivity index (χ0n) is 13.0. The van der Waals surface area contributed by atoms with E-state index < -0.39 is 0 Å². The Morgan fingerprint density at radius 2 is 1.88 bits per heavy atom. The molecule has 0 aliphatic carbocycles. The van der Waals surface area contributed by atoms with Crippen LogP contribution in [0.5, 0.6) is 5.75 Å². The molecule has 0 spiro atoms. The maximum atomic E-state index is 12.9. The molecule has 0 saturated heterocycles. The second kappa shape index (κ2) is 7.23. The lowest BCUT2D eigenvalue weighted by Gasteiger charge is -2.03. The predicted octanol–water partition coefficient (Wildman–Crippen LogP) is 4.42. The molecule has 0 unspecified atom stereocenters. The number of carbonyl (C=O) groups is 1. The number of amides is 1. The third-order valence-corrected chi connectivity index (χ3v) is 4.38. The topological polar surface area (TPSA) is 51.2 Å². The summed E-state index contributed by atoms with van der Waals surface area (Å²) in [4.78, 5) is 17.2. The maximum Gasteiger partial charge on any atom is 0.267 e. The lowest BCUT2D eigenvalue weighted by Crippen LogP contribution is -2.11. The Morgan fingerprint density at radius 1 is 1.17 bits per heavy atom. The highest BCUT2D eigenvalue weighted by Gasteiger charge is 2.16. The number of benzene rings is 2. The molecule has 1 amide bonds. The molecule has 2 aromatic carbocycles. The molecular formula is C18H15FN2O2S. The molecule has 3 rings (SSSR count). The van der Waals surface area contributed by atoms with E-state index in [-0.39, 0.29) is 11.7 Å². The van der Waals surface area contributed by atoms with Gasteiger partial charge in [0, 0.05) is 5.69 Å². The number of aromatic nitrogens is 1. The highest BCUT2D eigenvalue weighted by atomic mass is 32.1. The summed E-state index contributed by atoms with van der Waals surface area (Å²) < 4.78 is 18.6. The molecule has 1 N–H and O–H groups in total. The zero-order chi connectivity index (χ0) is 16.9. The minimum atomic E-state index is -0.345. The second-order valence-corrected chi connectivity index (χ2v) is 6.17. The van der Waals surface area contributed by atoms with E-state index >= 15 is 0 Å². The van der Waals surface area contributed by atoms with Gasteiger partial charge in [0.25, 0.3) is 5.91 Å². The number of hydrogen-bond acceptors (Lipinski definition) is 4. The molecule has 0 aliphatic heterocycles. The Bertz CT molecular complexity index is 832. The van der Waals surface area contributed by atoms with Crippen LogP contribution in [0.3, 0.4) is 0 Å². The molecule has 122 valence electrons. The van der Waals surface area contributed by atoms with E-state index in [1.54, 1.807) is 6.92 Å². The summed E-state index contributed by atoms with van der Waals surface area (Å²) in [5.74, 6) is 0.146. The number of carbonyl (C=O) groups excluding carboxylic acids is 1. The molecule has 0 bridgehead atoms. The molecule has 0 radical (unpaired) electrons. The Morgan fingerprint density at radius 3 is 2.58 bits per heavy atom. The Labute approximate surface area is 142 Å². The lowest BCUT2D eigenvalue weighted by molar-refractivity contribution is 0.103. The van der Waals surface area contributed by atoms with Crippen molar-refractivity contribution in [2.45, 2.75) is 13.5 Å². The first kappa shape index (κ1) is 16.1. The van der Waals surface area contributed by atoms with E-state index in [2.05, 4.69) is 10.3 Å². The summed E-state index contributed by atoms with van der Waals surface area (Å²) in [6.45, 7) is 2.08. The van der Waals surface area contributed by atoms with Crippen LogP contribution in [0.15, 0.2) is 54.6 Å². The van der Waals surface area contributed by atoms with Crippen molar-refractivity contribution in [2.24, 2.45) is 0 Å². The average molecular weight is 342 g/mol. The van der Waals surface area contributed by atoms with Gasteiger partial charge in [-0.05, 0) is 43.3 Å². The van der Waals surface area contributed by atoms with Crippen molar-refractivity contribution >= 4 is 22.9 Å². The van der Waals surface area contributed by atoms with Gasteiger partial charge < -0.3 is 10.1 Å². The van der Waals surface area contributed by atoms with E-state index in [0.717, 1.165) is 10.8 Å². The molecule has 1 heterocycles. The van der Waals surface area contributed by atoms with Crippen LogP contribution in [0.4, 0.5) is 10.1 Å². The summed E-state index contributed by atoms with van der Waals surface area (Å²) >= 11 is 1.29. The lowest BCUT2D eigenvalue weighted by atomic mass is 10.3. The van der Waals surface area contributed by atoms with Gasteiger partial charge in [-0.3, -0.25) is 4.79 Å². The Balaban J connectivity index is 1.66. The van der Waals surface area contributed by atoms with Gasteiger partial charge in [0.1, 0.15) is 28.1 Å². The number of anilines is 1. The summed E-state index contributed by atoms with van der Waals surface area (Å²) in [6, 6.07) is 15.1. The molecule has 0 fully saturated rings. The zero-order valence-corrected chi connectivity index (χ0v) is 13.8. The first-order valence-corrected chi connectivity index (χ1v) is 8.14. The summed E-state index contributed by atoms with van der Waals surface area (Å²) in [5, 5.41) is 3.46. The highest BCUT2D eigenvalue weighted by molar-refractivity contribution is 7.13. The van der Waals surface area contributed by atoms with Gasteiger partial charge in [-0.15, -0.1) is 11.3 Å². The smallest absolute Gasteiger partial charge is 0.267 e. The van der Waals surface area contributed by atoms with Crippen molar-refractivity contribution < 1.29 is 13.9 Å². The quantitative estimate of drug-likeness (QED) is 0.747. The molecule has 3 aromatic rings. The number of rotatable bonds is 5. The van der Waals surface area contributed by atoms with Crippen molar-refractivity contribution in [2.75, 3.05) is 5.32 Å². The first-order chi connectivity index (χ1) is 11.6. The summed E-state index contributed by atoms with van der Waals surface area (Å²) in [7, 11) is 0. The standard InChI is InChI=1S/C18H15FN2O2S/c1-12-17(18(22)21-14-9-7-13(19)8-10-14)24-16(20-12)11-23-15-5-3-2-4-6-15/h2-10H,11H2,1H3,(H,21,22). The fraction of sp³-hybridized carbons (Fsp3) is 0.111. The van der Waals surface area contributed by atoms with E-state index in [1.165, 1.54) is 35.6 Å². The van der Waals surface area contributed by atoms with Gasteiger partial charge in [-0.2, -0.15) is 0 Å². The van der Waals surface area contributed by atoms with Crippen LogP contribution in [0.2, 0.25) is 0 Å². The minimum Gasteiger partial charge on any atom is -0.486 e. The number of ether oxygens (including phenoxy) is 1. The van der Waals surface area contributed by atoms with E-state index in [9.17, 15) is 9.18 Å². The number of aryl methyl sites for hydroxylation is 1. The van der Waals surface area contributed by atoms with Crippen LogP contribution < -0.4 is 10.1 Å². The number of para-hydroxylation sites is 1. The van der Waals surface area contributed by atoms with Gasteiger partial charge in [-0.25, -0.2) is 9.37 Å². The second-order valence-electron chi connectivity index (χ2n) is 5.08. The summed E-state index contributed by atoms with van der Waals surface area (Å²) in [6.07, 6.45) is 0. The third-order valence-electron chi connectivity index (χ3n) is 3.25. The third kappa shape index (κ3) is 3.97. The number of thiazole rings is 1. The Kier molecular flexibility index (Phi) is 4.86. The van der Waals surface area contributed by atoms with E-state index in [4.69, 9.17) is 4.74 Å².